The lowest BCUT2D eigenvalue weighted by molar-refractivity contribution is -0.141. The lowest BCUT2D eigenvalue weighted by Gasteiger charge is -2.13. The van der Waals surface area contributed by atoms with E-state index in [1.54, 1.807) is 12.2 Å². The van der Waals surface area contributed by atoms with Crippen LogP contribution in [0.5, 0.6) is 0 Å². The molecule has 1 amide bonds. The van der Waals surface area contributed by atoms with Gasteiger partial charge in [-0.25, -0.2) is 4.79 Å². The third-order valence-corrected chi connectivity index (χ3v) is 3.32. The Morgan fingerprint density at radius 1 is 1.42 bits per heavy atom. The van der Waals surface area contributed by atoms with Crippen LogP contribution in [0.15, 0.2) is 40.9 Å². The molecule has 0 heterocycles. The molecule has 1 aromatic carbocycles. The fourth-order valence-electron chi connectivity index (χ4n) is 1.55. The number of benzene rings is 1. The summed E-state index contributed by atoms with van der Waals surface area (Å²) < 4.78 is 0.838. The average Bonchev–Trinajstić information content (AvgIpc) is 2.37. The second-order valence-electron chi connectivity index (χ2n) is 4.03. The van der Waals surface area contributed by atoms with Gasteiger partial charge >= 0.3 is 5.97 Å². The van der Waals surface area contributed by atoms with Crippen molar-refractivity contribution < 1.29 is 14.7 Å². The normalized spacial score (nSPS) is 12.3. The molecule has 0 aliphatic carbocycles. The van der Waals surface area contributed by atoms with Crippen molar-refractivity contribution in [2.24, 2.45) is 0 Å². The number of hydrogen-bond donors (Lipinski definition) is 2. The van der Waals surface area contributed by atoms with Crippen LogP contribution in [0.1, 0.15) is 18.9 Å². The Kier molecular flexibility index (Phi) is 6.29. The lowest BCUT2D eigenvalue weighted by atomic mass is 10.1. The van der Waals surface area contributed by atoms with Gasteiger partial charge in [-0.2, -0.15) is 0 Å². The van der Waals surface area contributed by atoms with Crippen molar-refractivity contribution in [3.63, 3.8) is 0 Å². The van der Waals surface area contributed by atoms with E-state index < -0.39 is 12.0 Å². The molecule has 0 aliphatic heterocycles. The summed E-state index contributed by atoms with van der Waals surface area (Å²) in [5, 5.41) is 11.5. The van der Waals surface area contributed by atoms with Crippen LogP contribution < -0.4 is 5.32 Å². The van der Waals surface area contributed by atoms with E-state index in [1.807, 2.05) is 31.2 Å². The van der Waals surface area contributed by atoms with Crippen molar-refractivity contribution in [2.75, 3.05) is 0 Å². The highest BCUT2D eigenvalue weighted by molar-refractivity contribution is 9.10. The van der Waals surface area contributed by atoms with Gasteiger partial charge in [-0.3, -0.25) is 4.79 Å². The van der Waals surface area contributed by atoms with Crippen molar-refractivity contribution >= 4 is 27.8 Å². The molecule has 0 bridgehead atoms. The molecule has 102 valence electrons. The van der Waals surface area contributed by atoms with Crippen LogP contribution in [0.2, 0.25) is 0 Å². The molecule has 0 saturated heterocycles. The summed E-state index contributed by atoms with van der Waals surface area (Å²) in [5.41, 5.74) is 0.829. The summed E-state index contributed by atoms with van der Waals surface area (Å²) in [6.07, 6.45) is 3.92. The molecule has 0 spiro atoms. The van der Waals surface area contributed by atoms with Gasteiger partial charge in [-0.15, -0.1) is 0 Å². The van der Waals surface area contributed by atoms with Crippen molar-refractivity contribution in [1.82, 2.24) is 5.32 Å². The first-order valence-corrected chi connectivity index (χ1v) is 6.70. The van der Waals surface area contributed by atoms with Gasteiger partial charge in [0, 0.05) is 4.47 Å². The summed E-state index contributed by atoms with van der Waals surface area (Å²) >= 11 is 3.35. The second kappa shape index (κ2) is 7.74. The van der Waals surface area contributed by atoms with Crippen molar-refractivity contribution in [1.29, 1.82) is 0 Å². The van der Waals surface area contributed by atoms with E-state index in [-0.39, 0.29) is 18.7 Å². The number of allylic oxidation sites excluding steroid dienone is 1. The SMILES string of the molecule is C/C=C/CC(NC(=O)Cc1ccccc1Br)C(=O)O. The molecule has 1 unspecified atom stereocenters. The van der Waals surface area contributed by atoms with Crippen molar-refractivity contribution in [3.05, 3.63) is 46.5 Å². The highest BCUT2D eigenvalue weighted by Crippen LogP contribution is 2.16. The van der Waals surface area contributed by atoms with Crippen LogP contribution >= 0.6 is 15.9 Å². The molecule has 0 aliphatic rings. The molecule has 1 atom stereocenters. The molecule has 5 heteroatoms. The molecule has 1 aromatic rings. The molecule has 0 radical (unpaired) electrons. The summed E-state index contributed by atoms with van der Waals surface area (Å²) in [6.45, 7) is 1.81. The molecule has 4 nitrogen and oxygen atoms in total. The fraction of sp³-hybridized carbons (Fsp3) is 0.286. The van der Waals surface area contributed by atoms with Gasteiger partial charge in [0.25, 0.3) is 0 Å². The highest BCUT2D eigenvalue weighted by Gasteiger charge is 2.18. The number of carbonyl (C=O) groups excluding carboxylic acids is 1. The van der Waals surface area contributed by atoms with Gasteiger partial charge in [-0.05, 0) is 25.0 Å². The number of rotatable bonds is 6. The third kappa shape index (κ3) is 5.26. The van der Waals surface area contributed by atoms with E-state index in [0.29, 0.717) is 0 Å². The zero-order valence-electron chi connectivity index (χ0n) is 10.6. The Hall–Kier alpha value is -1.62. The maximum atomic E-state index is 11.8. The largest absolute Gasteiger partial charge is 0.480 e. The Morgan fingerprint density at radius 3 is 2.68 bits per heavy atom. The molecule has 0 saturated carbocycles. The average molecular weight is 326 g/mol. The van der Waals surface area contributed by atoms with Crippen LogP contribution in [0.25, 0.3) is 0 Å². The Bertz CT molecular complexity index is 485. The number of amides is 1. The standard InChI is InChI=1S/C14H16BrNO3/c1-2-3-8-12(14(18)19)16-13(17)9-10-6-4-5-7-11(10)15/h2-7,12H,8-9H2,1H3,(H,16,17)(H,18,19)/b3-2+. The van der Waals surface area contributed by atoms with Crippen LogP contribution in [-0.4, -0.2) is 23.0 Å². The summed E-state index contributed by atoms with van der Waals surface area (Å²) in [5.74, 6) is -1.33. The second-order valence-corrected chi connectivity index (χ2v) is 4.89. The summed E-state index contributed by atoms with van der Waals surface area (Å²) in [7, 11) is 0. The smallest absolute Gasteiger partial charge is 0.326 e. The first-order valence-electron chi connectivity index (χ1n) is 5.91. The quantitative estimate of drug-likeness (QED) is 0.790. The van der Waals surface area contributed by atoms with E-state index in [4.69, 9.17) is 5.11 Å². The number of aliphatic carboxylic acids is 1. The van der Waals surface area contributed by atoms with Crippen LogP contribution in [0, 0.1) is 0 Å². The number of carboxylic acid groups (broad SMARTS) is 1. The van der Waals surface area contributed by atoms with E-state index in [0.717, 1.165) is 10.0 Å². The highest BCUT2D eigenvalue weighted by atomic mass is 79.9. The molecule has 2 N–H and O–H groups in total. The van der Waals surface area contributed by atoms with Gasteiger partial charge in [0.05, 0.1) is 6.42 Å². The van der Waals surface area contributed by atoms with Gasteiger partial charge in [0.15, 0.2) is 0 Å². The van der Waals surface area contributed by atoms with Gasteiger partial charge in [-0.1, -0.05) is 46.3 Å². The minimum absolute atomic E-state index is 0.154. The molecular weight excluding hydrogens is 310 g/mol. The van der Waals surface area contributed by atoms with Gasteiger partial charge in [0.2, 0.25) is 5.91 Å². The fourth-order valence-corrected chi connectivity index (χ4v) is 1.98. The lowest BCUT2D eigenvalue weighted by Crippen LogP contribution is -2.41. The maximum absolute atomic E-state index is 11.8. The zero-order chi connectivity index (χ0) is 14.3. The number of nitrogens with one attached hydrogen (secondary N) is 1. The van der Waals surface area contributed by atoms with Gasteiger partial charge < -0.3 is 10.4 Å². The molecule has 19 heavy (non-hydrogen) atoms. The Morgan fingerprint density at radius 2 is 2.11 bits per heavy atom. The summed E-state index contributed by atoms with van der Waals surface area (Å²) in [6, 6.07) is 6.48. The topological polar surface area (TPSA) is 66.4 Å². The van der Waals surface area contributed by atoms with E-state index in [2.05, 4.69) is 21.2 Å². The monoisotopic (exact) mass is 325 g/mol. The maximum Gasteiger partial charge on any atom is 0.326 e. The predicted octanol–water partition coefficient (Wildman–Crippen LogP) is 2.53. The number of hydrogen-bond acceptors (Lipinski definition) is 2. The van der Waals surface area contributed by atoms with Crippen LogP contribution in [-0.2, 0) is 16.0 Å². The van der Waals surface area contributed by atoms with Crippen molar-refractivity contribution in [3.8, 4) is 0 Å². The summed E-state index contributed by atoms with van der Waals surface area (Å²) in [4.78, 5) is 22.8. The molecule has 1 rings (SSSR count). The first kappa shape index (κ1) is 15.4. The Balaban J connectivity index is 2.63. The van der Waals surface area contributed by atoms with Crippen LogP contribution in [0.3, 0.4) is 0 Å². The Labute approximate surface area is 120 Å². The number of carbonyl (C=O) groups is 2. The van der Waals surface area contributed by atoms with E-state index in [9.17, 15) is 9.59 Å². The first-order chi connectivity index (χ1) is 9.04. The van der Waals surface area contributed by atoms with Crippen LogP contribution in [0.4, 0.5) is 0 Å². The van der Waals surface area contributed by atoms with E-state index in [1.165, 1.54) is 0 Å². The van der Waals surface area contributed by atoms with Crippen molar-refractivity contribution in [2.45, 2.75) is 25.8 Å². The minimum Gasteiger partial charge on any atom is -0.480 e. The minimum atomic E-state index is -1.03. The zero-order valence-corrected chi connectivity index (χ0v) is 12.2. The number of halogens is 1. The molecule has 0 aromatic heterocycles. The molecule has 0 fully saturated rings. The van der Waals surface area contributed by atoms with E-state index >= 15 is 0 Å². The van der Waals surface area contributed by atoms with Gasteiger partial charge in [0.1, 0.15) is 6.04 Å². The third-order valence-electron chi connectivity index (χ3n) is 2.55. The number of carboxylic acids is 1. The predicted molar refractivity (Wildman–Crippen MR) is 76.8 cm³/mol. The molecular formula is C14H16BrNO3.